The van der Waals surface area contributed by atoms with E-state index in [1.165, 1.54) is 0 Å². The van der Waals surface area contributed by atoms with Crippen LogP contribution in [-0.4, -0.2) is 33.9 Å². The summed E-state index contributed by atoms with van der Waals surface area (Å²) in [6.07, 6.45) is 7.66. The van der Waals surface area contributed by atoms with Crippen LogP contribution in [0.3, 0.4) is 0 Å². The standard InChI is InChI=1S/C13H16N4O/c1-9-6-11(3-5-18-9)16-13-12-8-14-4-2-10(12)7-15-17-13/h2,4,7-9,11H,3,5-6H2,1H3,(H,16,17)/t9-,11+/m0/s1. The molecule has 0 saturated carbocycles. The number of nitrogens with zero attached hydrogens (tertiary/aromatic N) is 3. The SMILES string of the molecule is C[C@H]1C[C@H](Nc2nncc3ccncc23)CCO1. The lowest BCUT2D eigenvalue weighted by molar-refractivity contribution is 0.0232. The first-order valence-corrected chi connectivity index (χ1v) is 6.26. The first-order chi connectivity index (χ1) is 8.83. The lowest BCUT2D eigenvalue weighted by atomic mass is 10.0. The van der Waals surface area contributed by atoms with Crippen molar-refractivity contribution in [2.45, 2.75) is 31.9 Å². The van der Waals surface area contributed by atoms with Gasteiger partial charge in [-0.05, 0) is 25.8 Å². The molecule has 0 spiro atoms. The average molecular weight is 244 g/mol. The van der Waals surface area contributed by atoms with Crippen molar-refractivity contribution in [3.8, 4) is 0 Å². The minimum absolute atomic E-state index is 0.303. The molecule has 0 radical (unpaired) electrons. The molecule has 0 aromatic carbocycles. The Kier molecular flexibility index (Phi) is 3.06. The second-order valence-corrected chi connectivity index (χ2v) is 4.70. The highest BCUT2D eigenvalue weighted by molar-refractivity contribution is 5.90. The van der Waals surface area contributed by atoms with E-state index >= 15 is 0 Å². The molecule has 0 aliphatic carbocycles. The molecule has 2 aromatic heterocycles. The van der Waals surface area contributed by atoms with Crippen LogP contribution in [0.25, 0.3) is 10.8 Å². The summed E-state index contributed by atoms with van der Waals surface area (Å²) in [5.74, 6) is 0.819. The highest BCUT2D eigenvalue weighted by Crippen LogP contribution is 2.22. The van der Waals surface area contributed by atoms with Crippen molar-refractivity contribution in [2.24, 2.45) is 0 Å². The van der Waals surface area contributed by atoms with Crippen molar-refractivity contribution >= 4 is 16.6 Å². The molecule has 3 rings (SSSR count). The number of hydrogen-bond donors (Lipinski definition) is 1. The molecule has 0 amide bonds. The van der Waals surface area contributed by atoms with Gasteiger partial charge in [0.25, 0.3) is 0 Å². The summed E-state index contributed by atoms with van der Waals surface area (Å²) in [5.41, 5.74) is 0. The second kappa shape index (κ2) is 4.86. The number of pyridine rings is 1. The smallest absolute Gasteiger partial charge is 0.158 e. The lowest BCUT2D eigenvalue weighted by Crippen LogP contribution is -2.32. The predicted molar refractivity (Wildman–Crippen MR) is 69.4 cm³/mol. The van der Waals surface area contributed by atoms with Gasteiger partial charge < -0.3 is 10.1 Å². The molecular formula is C13H16N4O. The number of rotatable bonds is 2. The maximum Gasteiger partial charge on any atom is 0.158 e. The summed E-state index contributed by atoms with van der Waals surface area (Å²) < 4.78 is 5.54. The topological polar surface area (TPSA) is 59.9 Å². The summed E-state index contributed by atoms with van der Waals surface area (Å²) in [7, 11) is 0. The molecule has 0 unspecified atom stereocenters. The van der Waals surface area contributed by atoms with E-state index in [9.17, 15) is 0 Å². The van der Waals surface area contributed by atoms with Crippen LogP contribution in [0.15, 0.2) is 24.7 Å². The first kappa shape index (κ1) is 11.3. The van der Waals surface area contributed by atoms with E-state index in [0.717, 1.165) is 36.0 Å². The Morgan fingerprint density at radius 3 is 3.22 bits per heavy atom. The van der Waals surface area contributed by atoms with Gasteiger partial charge >= 0.3 is 0 Å². The van der Waals surface area contributed by atoms with Crippen LogP contribution in [0, 0.1) is 0 Å². The van der Waals surface area contributed by atoms with Crippen molar-refractivity contribution < 1.29 is 4.74 Å². The summed E-state index contributed by atoms with van der Waals surface area (Å²) >= 11 is 0. The van der Waals surface area contributed by atoms with Crippen molar-refractivity contribution in [2.75, 3.05) is 11.9 Å². The van der Waals surface area contributed by atoms with Crippen LogP contribution >= 0.6 is 0 Å². The Morgan fingerprint density at radius 2 is 2.33 bits per heavy atom. The van der Waals surface area contributed by atoms with Crippen molar-refractivity contribution in [1.29, 1.82) is 0 Å². The minimum atomic E-state index is 0.303. The monoisotopic (exact) mass is 244 g/mol. The minimum Gasteiger partial charge on any atom is -0.378 e. The van der Waals surface area contributed by atoms with Crippen LogP contribution in [0.4, 0.5) is 5.82 Å². The molecule has 1 fully saturated rings. The maximum atomic E-state index is 5.54. The molecule has 3 heterocycles. The van der Waals surface area contributed by atoms with Gasteiger partial charge in [0.05, 0.1) is 12.3 Å². The Morgan fingerprint density at radius 1 is 1.39 bits per heavy atom. The van der Waals surface area contributed by atoms with Crippen molar-refractivity contribution in [1.82, 2.24) is 15.2 Å². The van der Waals surface area contributed by atoms with Crippen LogP contribution in [0.5, 0.6) is 0 Å². The van der Waals surface area contributed by atoms with Gasteiger partial charge in [0, 0.05) is 35.8 Å². The van der Waals surface area contributed by atoms with E-state index in [0.29, 0.717) is 12.1 Å². The molecule has 0 bridgehead atoms. The third kappa shape index (κ3) is 2.26. The maximum absolute atomic E-state index is 5.54. The number of hydrogen-bond acceptors (Lipinski definition) is 5. The number of nitrogens with one attached hydrogen (secondary N) is 1. The van der Waals surface area contributed by atoms with Crippen LogP contribution in [-0.2, 0) is 4.74 Å². The predicted octanol–water partition coefficient (Wildman–Crippen LogP) is 2.00. The zero-order valence-electron chi connectivity index (χ0n) is 10.3. The molecule has 1 aliphatic heterocycles. The van der Waals surface area contributed by atoms with Gasteiger partial charge in [-0.25, -0.2) is 0 Å². The van der Waals surface area contributed by atoms with Crippen molar-refractivity contribution in [3.05, 3.63) is 24.7 Å². The van der Waals surface area contributed by atoms with Crippen LogP contribution < -0.4 is 5.32 Å². The van der Waals surface area contributed by atoms with E-state index in [2.05, 4.69) is 27.4 Å². The number of anilines is 1. The van der Waals surface area contributed by atoms with Gasteiger partial charge in [-0.1, -0.05) is 0 Å². The molecule has 18 heavy (non-hydrogen) atoms. The van der Waals surface area contributed by atoms with E-state index in [1.807, 2.05) is 12.3 Å². The molecule has 1 aliphatic rings. The molecular weight excluding hydrogens is 228 g/mol. The number of aromatic nitrogens is 3. The van der Waals surface area contributed by atoms with Gasteiger partial charge in [0.2, 0.25) is 0 Å². The second-order valence-electron chi connectivity index (χ2n) is 4.70. The third-order valence-corrected chi connectivity index (χ3v) is 3.29. The molecule has 94 valence electrons. The summed E-state index contributed by atoms with van der Waals surface area (Å²) in [6, 6.07) is 2.34. The normalized spacial score (nSPS) is 24.1. The highest BCUT2D eigenvalue weighted by atomic mass is 16.5. The third-order valence-electron chi connectivity index (χ3n) is 3.29. The fourth-order valence-electron chi connectivity index (χ4n) is 2.35. The van der Waals surface area contributed by atoms with E-state index in [-0.39, 0.29) is 0 Å². The Balaban J connectivity index is 1.86. The van der Waals surface area contributed by atoms with Gasteiger partial charge in [-0.3, -0.25) is 4.98 Å². The van der Waals surface area contributed by atoms with E-state index in [1.54, 1.807) is 12.4 Å². The fourth-order valence-corrected chi connectivity index (χ4v) is 2.35. The fraction of sp³-hybridized carbons (Fsp3) is 0.462. The highest BCUT2D eigenvalue weighted by Gasteiger charge is 2.20. The Bertz CT molecular complexity index is 540. The largest absolute Gasteiger partial charge is 0.378 e. The average Bonchev–Trinajstić information content (AvgIpc) is 2.39. The van der Waals surface area contributed by atoms with Gasteiger partial charge in [0.1, 0.15) is 0 Å². The molecule has 1 saturated heterocycles. The van der Waals surface area contributed by atoms with Crippen LogP contribution in [0.1, 0.15) is 19.8 Å². The zero-order chi connectivity index (χ0) is 12.4. The zero-order valence-corrected chi connectivity index (χ0v) is 10.3. The summed E-state index contributed by atoms with van der Waals surface area (Å²) in [6.45, 7) is 2.90. The molecule has 1 N–H and O–H groups in total. The molecule has 2 atom stereocenters. The van der Waals surface area contributed by atoms with E-state index in [4.69, 9.17) is 4.74 Å². The van der Waals surface area contributed by atoms with Gasteiger partial charge in [-0.2, -0.15) is 5.10 Å². The molecule has 5 heteroatoms. The van der Waals surface area contributed by atoms with Crippen LogP contribution in [0.2, 0.25) is 0 Å². The lowest BCUT2D eigenvalue weighted by Gasteiger charge is -2.28. The first-order valence-electron chi connectivity index (χ1n) is 6.26. The summed E-state index contributed by atoms with van der Waals surface area (Å²) in [4.78, 5) is 4.15. The number of fused-ring (bicyclic) bond motifs is 1. The summed E-state index contributed by atoms with van der Waals surface area (Å²) in [5, 5.41) is 13.7. The van der Waals surface area contributed by atoms with E-state index < -0.39 is 0 Å². The Labute approximate surface area is 106 Å². The van der Waals surface area contributed by atoms with Crippen molar-refractivity contribution in [3.63, 3.8) is 0 Å². The number of ether oxygens (including phenoxy) is 1. The Hall–Kier alpha value is -1.75. The molecule has 5 nitrogen and oxygen atoms in total. The molecule has 2 aromatic rings. The van der Waals surface area contributed by atoms with Gasteiger partial charge in [0.15, 0.2) is 5.82 Å². The quantitative estimate of drug-likeness (QED) is 0.875. The van der Waals surface area contributed by atoms with Gasteiger partial charge in [-0.15, -0.1) is 5.10 Å².